The zero-order valence-corrected chi connectivity index (χ0v) is 8.03. The van der Waals surface area contributed by atoms with Gasteiger partial charge in [0.2, 0.25) is 0 Å². The molecule has 0 fully saturated rings. The van der Waals surface area contributed by atoms with Crippen molar-refractivity contribution in [2.45, 2.75) is 5.38 Å². The molecular formula is C7H3Cl3N2. The Morgan fingerprint density at radius 1 is 1.50 bits per heavy atom. The van der Waals surface area contributed by atoms with Crippen LogP contribution in [0.5, 0.6) is 0 Å². The average Bonchev–Trinajstić information content (AvgIpc) is 2.08. The number of pyridine rings is 1. The van der Waals surface area contributed by atoms with Gasteiger partial charge in [-0.15, -0.1) is 11.6 Å². The Bertz CT molecular complexity index is 332. The van der Waals surface area contributed by atoms with Crippen molar-refractivity contribution in [3.8, 4) is 6.07 Å². The minimum atomic E-state index is -0.802. The summed E-state index contributed by atoms with van der Waals surface area (Å²) in [5, 5.41) is 8.31. The second-order valence-corrected chi connectivity index (χ2v) is 3.26. The van der Waals surface area contributed by atoms with E-state index in [1.54, 1.807) is 0 Å². The largest absolute Gasteiger partial charge is 0.243 e. The molecule has 0 spiro atoms. The molecule has 5 heteroatoms. The van der Waals surface area contributed by atoms with Crippen LogP contribution in [0.2, 0.25) is 10.2 Å². The Balaban J connectivity index is 3.15. The van der Waals surface area contributed by atoms with Crippen molar-refractivity contribution in [2.24, 2.45) is 0 Å². The first-order valence-corrected chi connectivity index (χ1v) is 4.19. The molecule has 0 radical (unpaired) electrons. The maximum atomic E-state index is 8.49. The summed E-state index contributed by atoms with van der Waals surface area (Å²) in [4.78, 5) is 3.75. The molecule has 1 unspecified atom stereocenters. The van der Waals surface area contributed by atoms with Crippen LogP contribution < -0.4 is 0 Å². The van der Waals surface area contributed by atoms with Gasteiger partial charge in [0, 0.05) is 11.8 Å². The Hall–Kier alpha value is -0.490. The predicted octanol–water partition coefficient (Wildman–Crippen LogP) is 3.19. The summed E-state index contributed by atoms with van der Waals surface area (Å²) < 4.78 is 0. The highest BCUT2D eigenvalue weighted by atomic mass is 35.5. The van der Waals surface area contributed by atoms with Gasteiger partial charge in [0.1, 0.15) is 10.5 Å². The van der Waals surface area contributed by atoms with Crippen LogP contribution in [0, 0.1) is 11.3 Å². The number of hydrogen-bond donors (Lipinski definition) is 0. The van der Waals surface area contributed by atoms with Gasteiger partial charge in [0.05, 0.1) is 11.1 Å². The number of aromatic nitrogens is 1. The van der Waals surface area contributed by atoms with E-state index in [9.17, 15) is 0 Å². The van der Waals surface area contributed by atoms with Crippen molar-refractivity contribution in [3.63, 3.8) is 0 Å². The SMILES string of the molecule is N#CC(Cl)c1cc(Cl)cnc1Cl. The van der Waals surface area contributed by atoms with Crippen molar-refractivity contribution in [3.05, 3.63) is 28.0 Å². The molecule has 0 saturated heterocycles. The summed E-state index contributed by atoms with van der Waals surface area (Å²) in [6, 6.07) is 3.36. The summed E-state index contributed by atoms with van der Waals surface area (Å²) in [6.45, 7) is 0. The summed E-state index contributed by atoms with van der Waals surface area (Å²) in [5.41, 5.74) is 0.438. The number of nitrogens with zero attached hydrogens (tertiary/aromatic N) is 2. The van der Waals surface area contributed by atoms with E-state index in [0.717, 1.165) is 0 Å². The highest BCUT2D eigenvalue weighted by Crippen LogP contribution is 2.27. The van der Waals surface area contributed by atoms with Crippen molar-refractivity contribution < 1.29 is 0 Å². The Labute approximate surface area is 84.7 Å². The fourth-order valence-electron chi connectivity index (χ4n) is 0.686. The smallest absolute Gasteiger partial charge is 0.148 e. The molecule has 1 atom stereocenters. The quantitative estimate of drug-likeness (QED) is 0.539. The lowest BCUT2D eigenvalue weighted by Crippen LogP contribution is -1.90. The topological polar surface area (TPSA) is 36.7 Å². The van der Waals surface area contributed by atoms with Gasteiger partial charge in [-0.25, -0.2) is 4.98 Å². The summed E-state index contributed by atoms with van der Waals surface area (Å²) in [6.07, 6.45) is 1.40. The van der Waals surface area contributed by atoms with E-state index in [4.69, 9.17) is 40.1 Å². The lowest BCUT2D eigenvalue weighted by atomic mass is 10.2. The molecule has 1 aromatic rings. The highest BCUT2D eigenvalue weighted by molar-refractivity contribution is 6.33. The molecule has 62 valence electrons. The third-order valence-electron chi connectivity index (χ3n) is 1.22. The van der Waals surface area contributed by atoms with Gasteiger partial charge in [-0.3, -0.25) is 0 Å². The van der Waals surface area contributed by atoms with Crippen LogP contribution in [0.4, 0.5) is 0 Å². The molecule has 12 heavy (non-hydrogen) atoms. The number of nitriles is 1. The standard InChI is InChI=1S/C7H3Cl3N2/c8-4-1-5(6(9)2-11)7(10)12-3-4/h1,3,6H. The molecule has 0 saturated carbocycles. The van der Waals surface area contributed by atoms with Crippen molar-refractivity contribution in [1.29, 1.82) is 5.26 Å². The Morgan fingerprint density at radius 3 is 2.75 bits per heavy atom. The summed E-state index contributed by atoms with van der Waals surface area (Å²) >= 11 is 16.9. The second-order valence-electron chi connectivity index (χ2n) is 2.03. The van der Waals surface area contributed by atoms with Crippen LogP contribution >= 0.6 is 34.8 Å². The summed E-state index contributed by atoms with van der Waals surface area (Å²) in [5.74, 6) is 0. The molecule has 0 aliphatic rings. The van der Waals surface area contributed by atoms with E-state index in [2.05, 4.69) is 4.98 Å². The van der Waals surface area contributed by atoms with Crippen LogP contribution in [0.3, 0.4) is 0 Å². The third-order valence-corrected chi connectivity index (χ3v) is 2.07. The highest BCUT2D eigenvalue weighted by Gasteiger charge is 2.11. The first kappa shape index (κ1) is 9.60. The molecule has 0 amide bonds. The van der Waals surface area contributed by atoms with Gasteiger partial charge >= 0.3 is 0 Å². The fraction of sp³-hybridized carbons (Fsp3) is 0.143. The molecule has 0 aliphatic heterocycles. The lowest BCUT2D eigenvalue weighted by molar-refractivity contribution is 1.16. The lowest BCUT2D eigenvalue weighted by Gasteiger charge is -2.02. The van der Waals surface area contributed by atoms with Gasteiger partial charge in [0.15, 0.2) is 0 Å². The number of alkyl halides is 1. The monoisotopic (exact) mass is 220 g/mol. The van der Waals surface area contributed by atoms with Gasteiger partial charge in [0.25, 0.3) is 0 Å². The van der Waals surface area contributed by atoms with Crippen LogP contribution in [0.1, 0.15) is 10.9 Å². The van der Waals surface area contributed by atoms with E-state index in [1.165, 1.54) is 12.3 Å². The minimum Gasteiger partial charge on any atom is -0.243 e. The maximum Gasteiger partial charge on any atom is 0.148 e. The maximum absolute atomic E-state index is 8.49. The first-order chi connectivity index (χ1) is 5.65. The summed E-state index contributed by atoms with van der Waals surface area (Å²) in [7, 11) is 0. The Kier molecular flexibility index (Phi) is 3.16. The molecule has 0 aromatic carbocycles. The van der Waals surface area contributed by atoms with E-state index in [0.29, 0.717) is 10.6 Å². The molecular weight excluding hydrogens is 218 g/mol. The van der Waals surface area contributed by atoms with E-state index in [-0.39, 0.29) is 5.15 Å². The molecule has 1 aromatic heterocycles. The van der Waals surface area contributed by atoms with Crippen molar-refractivity contribution in [2.75, 3.05) is 0 Å². The fourth-order valence-corrected chi connectivity index (χ4v) is 1.29. The van der Waals surface area contributed by atoms with E-state index >= 15 is 0 Å². The number of halogens is 3. The molecule has 0 bridgehead atoms. The van der Waals surface area contributed by atoms with Crippen LogP contribution in [0.25, 0.3) is 0 Å². The van der Waals surface area contributed by atoms with Crippen molar-refractivity contribution in [1.82, 2.24) is 4.98 Å². The second kappa shape index (κ2) is 3.95. The van der Waals surface area contributed by atoms with Crippen molar-refractivity contribution >= 4 is 34.8 Å². The molecule has 2 nitrogen and oxygen atoms in total. The first-order valence-electron chi connectivity index (χ1n) is 2.99. The molecule has 1 heterocycles. The Morgan fingerprint density at radius 2 is 2.17 bits per heavy atom. The number of hydrogen-bond acceptors (Lipinski definition) is 2. The zero-order chi connectivity index (χ0) is 9.14. The third kappa shape index (κ3) is 2.01. The predicted molar refractivity (Wildman–Crippen MR) is 48.5 cm³/mol. The van der Waals surface area contributed by atoms with Gasteiger partial charge < -0.3 is 0 Å². The molecule has 1 rings (SSSR count). The average molecular weight is 221 g/mol. The van der Waals surface area contributed by atoms with Gasteiger partial charge in [-0.1, -0.05) is 23.2 Å². The van der Waals surface area contributed by atoms with Crippen LogP contribution in [-0.4, -0.2) is 4.98 Å². The number of rotatable bonds is 1. The van der Waals surface area contributed by atoms with E-state index in [1.807, 2.05) is 6.07 Å². The molecule has 0 N–H and O–H groups in total. The van der Waals surface area contributed by atoms with E-state index < -0.39 is 5.38 Å². The van der Waals surface area contributed by atoms with Crippen LogP contribution in [0.15, 0.2) is 12.3 Å². The minimum absolute atomic E-state index is 0.209. The molecule has 0 aliphatic carbocycles. The zero-order valence-electron chi connectivity index (χ0n) is 5.76. The van der Waals surface area contributed by atoms with Gasteiger partial charge in [-0.2, -0.15) is 5.26 Å². The van der Waals surface area contributed by atoms with Crippen LogP contribution in [-0.2, 0) is 0 Å². The van der Waals surface area contributed by atoms with Gasteiger partial charge in [-0.05, 0) is 6.07 Å². The normalized spacial score (nSPS) is 12.2.